The number of allylic oxidation sites excluding steroid dienone is 2. The van der Waals surface area contributed by atoms with Gasteiger partial charge in [0.15, 0.2) is 0 Å². The maximum atomic E-state index is 12.0. The Kier molecular flexibility index (Phi) is 3.73. The zero-order valence-electron chi connectivity index (χ0n) is 14.7. The molecular weight excluding hydrogens is 272 g/mol. The molecule has 124 valence electrons. The Morgan fingerprint density at radius 3 is 2.64 bits per heavy atom. The lowest BCUT2D eigenvalue weighted by atomic mass is 9.46. The van der Waals surface area contributed by atoms with E-state index in [-0.39, 0.29) is 5.41 Å². The van der Waals surface area contributed by atoms with Gasteiger partial charge >= 0.3 is 5.97 Å². The van der Waals surface area contributed by atoms with Crippen LogP contribution in [0.4, 0.5) is 0 Å². The minimum absolute atomic E-state index is 0.128. The van der Waals surface area contributed by atoms with Crippen LogP contribution in [0.5, 0.6) is 0 Å². The molecule has 0 amide bonds. The van der Waals surface area contributed by atoms with Crippen LogP contribution in [0.15, 0.2) is 11.6 Å². The summed E-state index contributed by atoms with van der Waals surface area (Å²) in [5.41, 5.74) is 1.69. The van der Waals surface area contributed by atoms with Crippen LogP contribution >= 0.6 is 0 Å². The van der Waals surface area contributed by atoms with Gasteiger partial charge in [0.05, 0.1) is 5.41 Å². The van der Waals surface area contributed by atoms with Gasteiger partial charge in [-0.1, -0.05) is 45.3 Å². The monoisotopic (exact) mass is 304 g/mol. The predicted octanol–water partition coefficient (Wildman–Crippen LogP) is 5.43. The van der Waals surface area contributed by atoms with E-state index >= 15 is 0 Å². The average molecular weight is 304 g/mol. The van der Waals surface area contributed by atoms with Crippen molar-refractivity contribution in [3.05, 3.63) is 11.6 Å². The standard InChI is InChI=1S/C20H32O2/c1-5-18(2)12-9-15-14(13-18)7-8-16-19(15,3)10-6-11-20(16,4)17(21)22/h9,14,16H,5-8,10-13H2,1-4H3,(H,21,22)/t14?,16?,18-,19-,20+/m0/s1. The van der Waals surface area contributed by atoms with Gasteiger partial charge in [-0.3, -0.25) is 4.79 Å². The summed E-state index contributed by atoms with van der Waals surface area (Å²) in [6, 6.07) is 0. The highest BCUT2D eigenvalue weighted by Gasteiger charge is 2.57. The van der Waals surface area contributed by atoms with Gasteiger partial charge in [0, 0.05) is 0 Å². The molecule has 0 spiro atoms. The molecule has 0 bridgehead atoms. The van der Waals surface area contributed by atoms with Gasteiger partial charge < -0.3 is 5.11 Å². The first-order valence-electron chi connectivity index (χ1n) is 9.19. The summed E-state index contributed by atoms with van der Waals surface area (Å²) in [6.45, 7) is 9.13. The fraction of sp³-hybridized carbons (Fsp3) is 0.850. The maximum Gasteiger partial charge on any atom is 0.309 e. The highest BCUT2D eigenvalue weighted by molar-refractivity contribution is 5.75. The first kappa shape index (κ1) is 16.1. The number of hydrogen-bond acceptors (Lipinski definition) is 1. The summed E-state index contributed by atoms with van der Waals surface area (Å²) in [6.07, 6.45) is 11.7. The highest BCUT2D eigenvalue weighted by Crippen LogP contribution is 2.63. The first-order chi connectivity index (χ1) is 10.3. The Labute approximate surface area is 135 Å². The Bertz CT molecular complexity index is 508. The zero-order valence-corrected chi connectivity index (χ0v) is 14.7. The SMILES string of the molecule is CC[C@@]1(C)CC=C2C(CCC3[C@](C)(C(=O)O)CCC[C@@]23C)C1. The van der Waals surface area contributed by atoms with Crippen molar-refractivity contribution < 1.29 is 9.90 Å². The summed E-state index contributed by atoms with van der Waals surface area (Å²) >= 11 is 0. The Hall–Kier alpha value is -0.790. The maximum absolute atomic E-state index is 12.0. The summed E-state index contributed by atoms with van der Waals surface area (Å²) in [7, 11) is 0. The van der Waals surface area contributed by atoms with E-state index in [1.165, 1.54) is 32.1 Å². The lowest BCUT2D eigenvalue weighted by Crippen LogP contribution is -2.52. The average Bonchev–Trinajstić information content (AvgIpc) is 2.46. The number of rotatable bonds is 2. The van der Waals surface area contributed by atoms with E-state index in [9.17, 15) is 9.90 Å². The summed E-state index contributed by atoms with van der Waals surface area (Å²) in [5.74, 6) is 0.451. The third-order valence-electron chi connectivity index (χ3n) is 7.73. The van der Waals surface area contributed by atoms with Crippen LogP contribution in [0, 0.1) is 28.1 Å². The number of aliphatic carboxylic acids is 1. The first-order valence-corrected chi connectivity index (χ1v) is 9.19. The molecule has 2 unspecified atom stereocenters. The van der Waals surface area contributed by atoms with E-state index in [2.05, 4.69) is 26.8 Å². The number of carboxylic acid groups (broad SMARTS) is 1. The van der Waals surface area contributed by atoms with Crippen molar-refractivity contribution >= 4 is 5.97 Å². The van der Waals surface area contributed by atoms with E-state index in [0.29, 0.717) is 17.3 Å². The van der Waals surface area contributed by atoms with Gasteiger partial charge in [-0.15, -0.1) is 0 Å². The molecule has 3 aliphatic rings. The fourth-order valence-corrected chi connectivity index (χ4v) is 6.04. The number of carboxylic acids is 1. The second-order valence-electron chi connectivity index (χ2n) is 9.05. The summed E-state index contributed by atoms with van der Waals surface area (Å²) in [5, 5.41) is 9.85. The van der Waals surface area contributed by atoms with Crippen LogP contribution in [-0.2, 0) is 4.79 Å². The molecule has 0 saturated heterocycles. The van der Waals surface area contributed by atoms with Gasteiger partial charge in [-0.05, 0) is 68.1 Å². The number of fused-ring (bicyclic) bond motifs is 3. The van der Waals surface area contributed by atoms with Crippen molar-refractivity contribution in [3.8, 4) is 0 Å². The van der Waals surface area contributed by atoms with Crippen molar-refractivity contribution in [2.45, 2.75) is 79.1 Å². The molecule has 3 rings (SSSR count). The molecule has 2 nitrogen and oxygen atoms in total. The normalized spacial score (nSPS) is 48.1. The smallest absolute Gasteiger partial charge is 0.309 e. The largest absolute Gasteiger partial charge is 0.481 e. The van der Waals surface area contributed by atoms with Crippen molar-refractivity contribution in [2.75, 3.05) is 0 Å². The predicted molar refractivity (Wildman–Crippen MR) is 89.6 cm³/mol. The number of hydrogen-bond donors (Lipinski definition) is 1. The van der Waals surface area contributed by atoms with E-state index in [0.717, 1.165) is 19.3 Å². The van der Waals surface area contributed by atoms with Crippen molar-refractivity contribution in [3.63, 3.8) is 0 Å². The van der Waals surface area contributed by atoms with E-state index in [1.807, 2.05) is 6.92 Å². The molecule has 2 heteroatoms. The van der Waals surface area contributed by atoms with E-state index in [4.69, 9.17) is 0 Å². The molecular formula is C20H32O2. The molecule has 2 fully saturated rings. The second kappa shape index (κ2) is 5.11. The third-order valence-corrected chi connectivity index (χ3v) is 7.73. The molecule has 0 aromatic carbocycles. The molecule has 0 aromatic heterocycles. The molecule has 2 saturated carbocycles. The number of carbonyl (C=O) groups is 1. The Balaban J connectivity index is 1.98. The lowest BCUT2D eigenvalue weighted by Gasteiger charge is -2.58. The molecule has 0 aromatic rings. The topological polar surface area (TPSA) is 37.3 Å². The minimum Gasteiger partial charge on any atom is -0.481 e. The summed E-state index contributed by atoms with van der Waals surface area (Å²) in [4.78, 5) is 12.0. The molecule has 1 N–H and O–H groups in total. The Morgan fingerprint density at radius 2 is 2.00 bits per heavy atom. The zero-order chi connectivity index (χ0) is 16.2. The van der Waals surface area contributed by atoms with Crippen LogP contribution in [-0.4, -0.2) is 11.1 Å². The van der Waals surface area contributed by atoms with Crippen molar-refractivity contribution in [1.29, 1.82) is 0 Å². The molecule has 0 heterocycles. The lowest BCUT2D eigenvalue weighted by molar-refractivity contribution is -0.160. The van der Waals surface area contributed by atoms with Gasteiger partial charge in [0.1, 0.15) is 0 Å². The minimum atomic E-state index is -0.573. The molecule has 0 radical (unpaired) electrons. The van der Waals surface area contributed by atoms with Gasteiger partial charge in [-0.2, -0.15) is 0 Å². The van der Waals surface area contributed by atoms with Crippen LogP contribution in [0.3, 0.4) is 0 Å². The van der Waals surface area contributed by atoms with Crippen molar-refractivity contribution in [1.82, 2.24) is 0 Å². The van der Waals surface area contributed by atoms with Crippen LogP contribution in [0.2, 0.25) is 0 Å². The van der Waals surface area contributed by atoms with Crippen LogP contribution < -0.4 is 0 Å². The second-order valence-corrected chi connectivity index (χ2v) is 9.05. The van der Waals surface area contributed by atoms with Gasteiger partial charge in [0.2, 0.25) is 0 Å². The van der Waals surface area contributed by atoms with E-state index in [1.54, 1.807) is 5.57 Å². The summed E-state index contributed by atoms with van der Waals surface area (Å²) < 4.78 is 0. The van der Waals surface area contributed by atoms with E-state index < -0.39 is 11.4 Å². The molecule has 3 aliphatic carbocycles. The Morgan fingerprint density at radius 1 is 1.27 bits per heavy atom. The quantitative estimate of drug-likeness (QED) is 0.691. The third kappa shape index (κ3) is 2.17. The highest BCUT2D eigenvalue weighted by atomic mass is 16.4. The van der Waals surface area contributed by atoms with Gasteiger partial charge in [0.25, 0.3) is 0 Å². The molecule has 5 atom stereocenters. The molecule has 22 heavy (non-hydrogen) atoms. The molecule has 0 aliphatic heterocycles. The van der Waals surface area contributed by atoms with Gasteiger partial charge in [-0.25, -0.2) is 0 Å². The van der Waals surface area contributed by atoms with Crippen LogP contribution in [0.25, 0.3) is 0 Å². The van der Waals surface area contributed by atoms with Crippen LogP contribution in [0.1, 0.15) is 79.1 Å². The van der Waals surface area contributed by atoms with Crippen molar-refractivity contribution in [2.24, 2.45) is 28.1 Å². The fourth-order valence-electron chi connectivity index (χ4n) is 6.04.